The summed E-state index contributed by atoms with van der Waals surface area (Å²) in [6.07, 6.45) is 1.73. The maximum Gasteiger partial charge on any atom is 0.133 e. The molecule has 17 heavy (non-hydrogen) atoms. The summed E-state index contributed by atoms with van der Waals surface area (Å²) in [5, 5.41) is 9.09. The van der Waals surface area contributed by atoms with Gasteiger partial charge in [0, 0.05) is 38.0 Å². The average molecular weight is 239 g/mol. The number of hydrogen-bond donors (Lipinski definition) is 2. The van der Waals surface area contributed by atoms with Gasteiger partial charge in [-0.05, 0) is 13.0 Å². The molecule has 0 saturated carbocycles. The van der Waals surface area contributed by atoms with E-state index in [1.807, 2.05) is 24.0 Å². The van der Waals surface area contributed by atoms with Gasteiger partial charge in [-0.2, -0.15) is 0 Å². The van der Waals surface area contributed by atoms with Gasteiger partial charge in [-0.3, -0.25) is 0 Å². The first-order valence-electron chi connectivity index (χ1n) is 5.76. The minimum Gasteiger partial charge on any atom is -0.395 e. The van der Waals surface area contributed by atoms with E-state index in [1.54, 1.807) is 13.3 Å². The predicted molar refractivity (Wildman–Crippen MR) is 68.0 cm³/mol. The van der Waals surface area contributed by atoms with Gasteiger partial charge in [-0.1, -0.05) is 6.07 Å². The Balaban J connectivity index is 2.91. The van der Waals surface area contributed by atoms with Crippen LogP contribution in [0.25, 0.3) is 0 Å². The smallest absolute Gasteiger partial charge is 0.133 e. The number of pyridine rings is 1. The molecule has 1 heterocycles. The lowest BCUT2D eigenvalue weighted by atomic mass is 10.1. The van der Waals surface area contributed by atoms with Crippen LogP contribution < -0.4 is 10.6 Å². The van der Waals surface area contributed by atoms with Crippen LogP contribution in [0.1, 0.15) is 18.5 Å². The van der Waals surface area contributed by atoms with Crippen molar-refractivity contribution in [3.05, 3.63) is 23.9 Å². The van der Waals surface area contributed by atoms with Gasteiger partial charge in [0.05, 0.1) is 13.2 Å². The van der Waals surface area contributed by atoms with Crippen LogP contribution in [-0.2, 0) is 4.74 Å². The van der Waals surface area contributed by atoms with Crippen molar-refractivity contribution >= 4 is 5.82 Å². The second-order valence-electron chi connectivity index (χ2n) is 3.91. The number of ether oxygens (including phenoxy) is 1. The monoisotopic (exact) mass is 239 g/mol. The van der Waals surface area contributed by atoms with Gasteiger partial charge in [0.2, 0.25) is 0 Å². The van der Waals surface area contributed by atoms with Crippen LogP contribution in [0.2, 0.25) is 0 Å². The van der Waals surface area contributed by atoms with E-state index in [0.29, 0.717) is 19.7 Å². The van der Waals surface area contributed by atoms with E-state index in [2.05, 4.69) is 4.98 Å². The Bertz CT molecular complexity index is 331. The number of nitrogens with zero attached hydrogens (tertiary/aromatic N) is 2. The van der Waals surface area contributed by atoms with Crippen molar-refractivity contribution < 1.29 is 9.84 Å². The molecule has 0 spiro atoms. The number of nitrogens with two attached hydrogens (primary N) is 1. The van der Waals surface area contributed by atoms with Crippen molar-refractivity contribution in [2.75, 3.05) is 38.3 Å². The highest BCUT2D eigenvalue weighted by Gasteiger charge is 2.14. The van der Waals surface area contributed by atoms with Gasteiger partial charge in [-0.25, -0.2) is 4.98 Å². The molecule has 0 amide bonds. The Labute approximate surface area is 102 Å². The molecule has 0 saturated heterocycles. The van der Waals surface area contributed by atoms with Crippen LogP contribution in [0, 0.1) is 0 Å². The zero-order valence-corrected chi connectivity index (χ0v) is 10.5. The fraction of sp³-hybridized carbons (Fsp3) is 0.583. The van der Waals surface area contributed by atoms with Crippen LogP contribution in [-0.4, -0.2) is 43.5 Å². The normalized spacial score (nSPS) is 12.5. The summed E-state index contributed by atoms with van der Waals surface area (Å²) in [5.41, 5.74) is 6.90. The Hall–Kier alpha value is -1.17. The van der Waals surface area contributed by atoms with Gasteiger partial charge < -0.3 is 20.5 Å². The summed E-state index contributed by atoms with van der Waals surface area (Å²) in [6.45, 7) is 3.81. The van der Waals surface area contributed by atoms with Crippen LogP contribution in [0.3, 0.4) is 0 Å². The number of aromatic nitrogens is 1. The lowest BCUT2D eigenvalue weighted by Gasteiger charge is -2.25. The number of hydrogen-bond acceptors (Lipinski definition) is 5. The van der Waals surface area contributed by atoms with Gasteiger partial charge >= 0.3 is 0 Å². The van der Waals surface area contributed by atoms with Crippen molar-refractivity contribution in [3.8, 4) is 0 Å². The SMILES string of the molecule is COCCN(CCO)c1ncccc1[C@H](C)N. The van der Waals surface area contributed by atoms with E-state index < -0.39 is 0 Å². The maximum atomic E-state index is 9.09. The maximum absolute atomic E-state index is 9.09. The third kappa shape index (κ3) is 3.96. The quantitative estimate of drug-likeness (QED) is 0.727. The van der Waals surface area contributed by atoms with Crippen LogP contribution in [0.4, 0.5) is 5.82 Å². The number of aliphatic hydroxyl groups excluding tert-OH is 1. The van der Waals surface area contributed by atoms with E-state index in [0.717, 1.165) is 11.4 Å². The minimum absolute atomic E-state index is 0.0811. The van der Waals surface area contributed by atoms with E-state index in [-0.39, 0.29) is 12.6 Å². The predicted octanol–water partition coefficient (Wildman–Crippen LogP) is 0.546. The van der Waals surface area contributed by atoms with Crippen LogP contribution >= 0.6 is 0 Å². The molecule has 1 rings (SSSR count). The molecule has 0 aromatic carbocycles. The van der Waals surface area contributed by atoms with Gasteiger partial charge in [0.25, 0.3) is 0 Å². The molecule has 0 aliphatic heterocycles. The number of methoxy groups -OCH3 is 1. The summed E-state index contributed by atoms with van der Waals surface area (Å²) in [5.74, 6) is 0.827. The largest absolute Gasteiger partial charge is 0.395 e. The molecule has 0 aliphatic rings. The Morgan fingerprint density at radius 3 is 2.88 bits per heavy atom. The molecule has 5 nitrogen and oxygen atoms in total. The number of rotatable bonds is 7. The highest BCUT2D eigenvalue weighted by Crippen LogP contribution is 2.21. The molecular weight excluding hydrogens is 218 g/mol. The highest BCUT2D eigenvalue weighted by atomic mass is 16.5. The molecule has 0 unspecified atom stereocenters. The van der Waals surface area contributed by atoms with Crippen LogP contribution in [0.5, 0.6) is 0 Å². The molecule has 0 aliphatic carbocycles. The Morgan fingerprint density at radius 2 is 2.29 bits per heavy atom. The summed E-state index contributed by atoms with van der Waals surface area (Å²) in [4.78, 5) is 6.34. The fourth-order valence-electron chi connectivity index (χ4n) is 1.67. The van der Waals surface area contributed by atoms with Gasteiger partial charge in [-0.15, -0.1) is 0 Å². The molecular formula is C12H21N3O2. The van der Waals surface area contributed by atoms with Crippen molar-refractivity contribution in [1.82, 2.24) is 4.98 Å². The average Bonchev–Trinajstić information content (AvgIpc) is 2.34. The highest BCUT2D eigenvalue weighted by molar-refractivity contribution is 5.48. The minimum atomic E-state index is -0.0811. The second-order valence-corrected chi connectivity index (χ2v) is 3.91. The number of aliphatic hydroxyl groups is 1. The van der Waals surface area contributed by atoms with E-state index in [4.69, 9.17) is 15.6 Å². The van der Waals surface area contributed by atoms with Crippen molar-refractivity contribution in [2.24, 2.45) is 5.73 Å². The lowest BCUT2D eigenvalue weighted by molar-refractivity contribution is 0.202. The Morgan fingerprint density at radius 1 is 1.53 bits per heavy atom. The topological polar surface area (TPSA) is 71.6 Å². The van der Waals surface area contributed by atoms with Crippen molar-refractivity contribution in [3.63, 3.8) is 0 Å². The zero-order valence-electron chi connectivity index (χ0n) is 10.5. The lowest BCUT2D eigenvalue weighted by Crippen LogP contribution is -2.32. The molecule has 3 N–H and O–H groups in total. The fourth-order valence-corrected chi connectivity index (χ4v) is 1.67. The van der Waals surface area contributed by atoms with Crippen molar-refractivity contribution in [2.45, 2.75) is 13.0 Å². The molecule has 5 heteroatoms. The first-order valence-corrected chi connectivity index (χ1v) is 5.76. The summed E-state index contributed by atoms with van der Waals surface area (Å²) in [6, 6.07) is 3.75. The zero-order chi connectivity index (χ0) is 12.7. The summed E-state index contributed by atoms with van der Waals surface area (Å²) >= 11 is 0. The molecule has 0 bridgehead atoms. The van der Waals surface area contributed by atoms with Gasteiger partial charge in [0.15, 0.2) is 0 Å². The molecule has 1 aromatic rings. The summed E-state index contributed by atoms with van der Waals surface area (Å²) in [7, 11) is 1.65. The van der Waals surface area contributed by atoms with E-state index in [9.17, 15) is 0 Å². The van der Waals surface area contributed by atoms with Gasteiger partial charge in [0.1, 0.15) is 5.82 Å². The van der Waals surface area contributed by atoms with E-state index in [1.165, 1.54) is 0 Å². The first kappa shape index (κ1) is 13.9. The molecule has 1 atom stereocenters. The molecule has 1 aromatic heterocycles. The van der Waals surface area contributed by atoms with Crippen LogP contribution in [0.15, 0.2) is 18.3 Å². The molecule has 0 radical (unpaired) electrons. The number of anilines is 1. The first-order chi connectivity index (χ1) is 8.20. The standard InChI is InChI=1S/C12H21N3O2/c1-10(13)11-4-3-5-14-12(11)15(6-8-16)7-9-17-2/h3-5,10,16H,6-9,13H2,1-2H3/t10-/m0/s1. The third-order valence-corrected chi connectivity index (χ3v) is 2.54. The summed E-state index contributed by atoms with van der Waals surface area (Å²) < 4.78 is 5.06. The third-order valence-electron chi connectivity index (χ3n) is 2.54. The van der Waals surface area contributed by atoms with Crippen molar-refractivity contribution in [1.29, 1.82) is 0 Å². The van der Waals surface area contributed by atoms with E-state index >= 15 is 0 Å². The molecule has 96 valence electrons. The molecule has 0 fully saturated rings. The Kier molecular flexibility index (Phi) is 5.90. The second kappa shape index (κ2) is 7.21.